The molecule has 0 heterocycles. The van der Waals surface area contributed by atoms with Crippen LogP contribution in [0.4, 0.5) is 0 Å². The molecule has 2 fully saturated rings. The highest BCUT2D eigenvalue weighted by atomic mass is 32.2. The predicted molar refractivity (Wildman–Crippen MR) is 65.5 cm³/mol. The van der Waals surface area contributed by atoms with Gasteiger partial charge in [-0.2, -0.15) is 0 Å². The van der Waals surface area contributed by atoms with Crippen molar-refractivity contribution in [3.8, 4) is 0 Å². The zero-order valence-electron chi connectivity index (χ0n) is 10.1. The summed E-state index contributed by atoms with van der Waals surface area (Å²) in [6.07, 6.45) is 6.08. The Balaban J connectivity index is 1.68. The van der Waals surface area contributed by atoms with E-state index < -0.39 is 10.8 Å². The monoisotopic (exact) mass is 243 g/mol. The third-order valence-electron chi connectivity index (χ3n) is 3.84. The second-order valence-electron chi connectivity index (χ2n) is 5.40. The molecular weight excluding hydrogens is 222 g/mol. The maximum atomic E-state index is 11.9. The zero-order valence-corrected chi connectivity index (χ0v) is 10.9. The van der Waals surface area contributed by atoms with Crippen LogP contribution < -0.4 is 5.32 Å². The first-order valence-electron chi connectivity index (χ1n) is 6.16. The molecule has 0 aliphatic heterocycles. The first kappa shape index (κ1) is 12.1. The van der Waals surface area contributed by atoms with Gasteiger partial charge in [-0.15, -0.1) is 0 Å². The number of rotatable bonds is 5. The SMILES string of the molecule is CC(CCS(C)=O)NC(=O)C1CC2CC2C1. The highest BCUT2D eigenvalue weighted by Gasteiger charge is 2.48. The van der Waals surface area contributed by atoms with Crippen LogP contribution >= 0.6 is 0 Å². The summed E-state index contributed by atoms with van der Waals surface area (Å²) in [5.74, 6) is 2.88. The van der Waals surface area contributed by atoms with Gasteiger partial charge in [0, 0.05) is 34.8 Å². The lowest BCUT2D eigenvalue weighted by Crippen LogP contribution is -2.37. The van der Waals surface area contributed by atoms with Crippen LogP contribution in [0.2, 0.25) is 0 Å². The van der Waals surface area contributed by atoms with E-state index in [4.69, 9.17) is 0 Å². The van der Waals surface area contributed by atoms with Crippen LogP contribution in [0.5, 0.6) is 0 Å². The van der Waals surface area contributed by atoms with Gasteiger partial charge in [-0.25, -0.2) is 0 Å². The summed E-state index contributed by atoms with van der Waals surface area (Å²) in [7, 11) is -0.753. The molecule has 0 spiro atoms. The Kier molecular flexibility index (Phi) is 3.67. The minimum atomic E-state index is -0.753. The van der Waals surface area contributed by atoms with Gasteiger partial charge in [-0.1, -0.05) is 0 Å². The van der Waals surface area contributed by atoms with Crippen LogP contribution in [-0.4, -0.2) is 28.2 Å². The number of hydrogen-bond acceptors (Lipinski definition) is 2. The van der Waals surface area contributed by atoms with Crippen molar-refractivity contribution in [2.75, 3.05) is 12.0 Å². The third-order valence-corrected chi connectivity index (χ3v) is 4.65. The maximum absolute atomic E-state index is 11.9. The van der Waals surface area contributed by atoms with E-state index in [1.165, 1.54) is 6.42 Å². The average Bonchev–Trinajstić information content (AvgIpc) is 2.83. The normalized spacial score (nSPS) is 35.2. The summed E-state index contributed by atoms with van der Waals surface area (Å²) in [4.78, 5) is 11.9. The average molecular weight is 243 g/mol. The minimum absolute atomic E-state index is 0.160. The Hall–Kier alpha value is -0.380. The smallest absolute Gasteiger partial charge is 0.223 e. The van der Waals surface area contributed by atoms with Crippen LogP contribution in [0.1, 0.15) is 32.6 Å². The van der Waals surface area contributed by atoms with Gasteiger partial charge < -0.3 is 5.32 Å². The Bertz CT molecular complexity index is 295. The van der Waals surface area contributed by atoms with Crippen molar-refractivity contribution in [1.82, 2.24) is 5.32 Å². The van der Waals surface area contributed by atoms with Gasteiger partial charge in [-0.3, -0.25) is 9.00 Å². The molecule has 92 valence electrons. The Morgan fingerprint density at radius 1 is 1.38 bits per heavy atom. The Morgan fingerprint density at radius 3 is 2.56 bits per heavy atom. The van der Waals surface area contributed by atoms with Crippen LogP contribution in [0, 0.1) is 17.8 Å². The van der Waals surface area contributed by atoms with Gasteiger partial charge in [0.2, 0.25) is 5.91 Å². The number of amides is 1. The second kappa shape index (κ2) is 4.86. The summed E-state index contributed by atoms with van der Waals surface area (Å²) < 4.78 is 10.9. The standard InChI is InChI=1S/C12H21NO2S/c1-8(3-4-16(2)15)13-12(14)11-6-9-5-10(9)7-11/h8-11H,3-7H2,1-2H3,(H,13,14). The van der Waals surface area contributed by atoms with Crippen molar-refractivity contribution < 1.29 is 9.00 Å². The molecule has 4 unspecified atom stereocenters. The van der Waals surface area contributed by atoms with Gasteiger partial charge in [0.25, 0.3) is 0 Å². The van der Waals surface area contributed by atoms with Crippen LogP contribution in [0.3, 0.4) is 0 Å². The van der Waals surface area contributed by atoms with Crippen molar-refractivity contribution >= 4 is 16.7 Å². The molecule has 4 atom stereocenters. The van der Waals surface area contributed by atoms with Gasteiger partial charge >= 0.3 is 0 Å². The topological polar surface area (TPSA) is 46.2 Å². The van der Waals surface area contributed by atoms with Crippen molar-refractivity contribution in [3.63, 3.8) is 0 Å². The lowest BCUT2D eigenvalue weighted by atomic mass is 10.0. The van der Waals surface area contributed by atoms with E-state index >= 15 is 0 Å². The molecule has 0 aromatic rings. The molecule has 2 aliphatic rings. The molecule has 0 aromatic carbocycles. The van der Waals surface area contributed by atoms with E-state index in [1.807, 2.05) is 6.92 Å². The first-order valence-corrected chi connectivity index (χ1v) is 7.89. The lowest BCUT2D eigenvalue weighted by Gasteiger charge is -2.17. The van der Waals surface area contributed by atoms with Gasteiger partial charge in [0.1, 0.15) is 0 Å². The molecule has 2 aliphatic carbocycles. The third kappa shape index (κ3) is 3.06. The number of nitrogens with one attached hydrogen (secondary N) is 1. The van der Waals surface area contributed by atoms with Crippen LogP contribution in [0.15, 0.2) is 0 Å². The fourth-order valence-electron chi connectivity index (χ4n) is 2.70. The highest BCUT2D eigenvalue weighted by molar-refractivity contribution is 7.84. The molecule has 0 radical (unpaired) electrons. The fraction of sp³-hybridized carbons (Fsp3) is 0.917. The number of carbonyl (C=O) groups is 1. The molecule has 1 amide bonds. The van der Waals surface area contributed by atoms with E-state index in [0.717, 1.165) is 31.1 Å². The van der Waals surface area contributed by atoms with Crippen molar-refractivity contribution in [2.45, 2.75) is 38.6 Å². The summed E-state index contributed by atoms with van der Waals surface area (Å²) in [6, 6.07) is 0.160. The maximum Gasteiger partial charge on any atom is 0.223 e. The number of hydrogen-bond donors (Lipinski definition) is 1. The summed E-state index contributed by atoms with van der Waals surface area (Å²) in [6.45, 7) is 2.00. The lowest BCUT2D eigenvalue weighted by molar-refractivity contribution is -0.125. The second-order valence-corrected chi connectivity index (χ2v) is 6.95. The van der Waals surface area contributed by atoms with Gasteiger partial charge in [0.15, 0.2) is 0 Å². The fourth-order valence-corrected chi connectivity index (χ4v) is 3.39. The van der Waals surface area contributed by atoms with E-state index in [9.17, 15) is 9.00 Å². The molecule has 16 heavy (non-hydrogen) atoms. The first-order chi connectivity index (χ1) is 7.56. The van der Waals surface area contributed by atoms with Crippen molar-refractivity contribution in [2.24, 2.45) is 17.8 Å². The minimum Gasteiger partial charge on any atom is -0.353 e. The van der Waals surface area contributed by atoms with E-state index in [0.29, 0.717) is 5.75 Å². The van der Waals surface area contributed by atoms with Crippen molar-refractivity contribution in [1.29, 1.82) is 0 Å². The molecule has 0 bridgehead atoms. The Labute approximate surface area is 99.8 Å². The largest absolute Gasteiger partial charge is 0.353 e. The molecule has 2 rings (SSSR count). The Morgan fingerprint density at radius 2 is 2.00 bits per heavy atom. The van der Waals surface area contributed by atoms with E-state index in [-0.39, 0.29) is 17.9 Å². The van der Waals surface area contributed by atoms with Crippen LogP contribution in [0.25, 0.3) is 0 Å². The highest BCUT2D eigenvalue weighted by Crippen LogP contribution is 2.54. The quantitative estimate of drug-likeness (QED) is 0.791. The van der Waals surface area contributed by atoms with E-state index in [1.54, 1.807) is 6.26 Å². The van der Waals surface area contributed by atoms with Gasteiger partial charge in [-0.05, 0) is 44.4 Å². The van der Waals surface area contributed by atoms with Crippen molar-refractivity contribution in [3.05, 3.63) is 0 Å². The van der Waals surface area contributed by atoms with E-state index in [2.05, 4.69) is 5.32 Å². The molecule has 4 heteroatoms. The molecule has 1 N–H and O–H groups in total. The predicted octanol–water partition coefficient (Wildman–Crippen LogP) is 1.31. The number of fused-ring (bicyclic) bond motifs is 1. The zero-order chi connectivity index (χ0) is 11.7. The van der Waals surface area contributed by atoms with Crippen LogP contribution in [-0.2, 0) is 15.6 Å². The molecule has 0 aromatic heterocycles. The molecular formula is C12H21NO2S. The summed E-state index contributed by atoms with van der Waals surface area (Å²) in [5, 5.41) is 3.04. The molecule has 3 nitrogen and oxygen atoms in total. The number of carbonyl (C=O) groups excluding carboxylic acids is 1. The molecule has 0 saturated heterocycles. The summed E-state index contributed by atoms with van der Waals surface area (Å²) in [5.41, 5.74) is 0. The van der Waals surface area contributed by atoms with Gasteiger partial charge in [0.05, 0.1) is 0 Å². The summed E-state index contributed by atoms with van der Waals surface area (Å²) >= 11 is 0. The molecule has 2 saturated carbocycles.